The summed E-state index contributed by atoms with van der Waals surface area (Å²) in [6.07, 6.45) is 4.76. The fourth-order valence-corrected chi connectivity index (χ4v) is 4.38. The molecule has 4 rings (SSSR count). The Bertz CT molecular complexity index is 919. The van der Waals surface area contributed by atoms with Crippen LogP contribution in [0.4, 0.5) is 0 Å². The molecule has 0 saturated heterocycles. The molecule has 0 spiro atoms. The highest BCUT2D eigenvalue weighted by Crippen LogP contribution is 2.28. The highest BCUT2D eigenvalue weighted by molar-refractivity contribution is 6.01. The number of oxime groups is 1. The van der Waals surface area contributed by atoms with Crippen molar-refractivity contribution in [1.29, 1.82) is 0 Å². The maximum Gasteiger partial charge on any atom is 0.226 e. The zero-order valence-electron chi connectivity index (χ0n) is 18.3. The minimum absolute atomic E-state index is 0.119. The van der Waals surface area contributed by atoms with Gasteiger partial charge in [0.1, 0.15) is 11.5 Å². The van der Waals surface area contributed by atoms with Gasteiger partial charge in [0.15, 0.2) is 6.10 Å². The van der Waals surface area contributed by atoms with E-state index in [4.69, 9.17) is 14.3 Å². The molecule has 6 heteroatoms. The van der Waals surface area contributed by atoms with E-state index in [1.807, 2.05) is 53.4 Å². The van der Waals surface area contributed by atoms with E-state index in [0.29, 0.717) is 19.5 Å². The molecule has 1 aliphatic heterocycles. The summed E-state index contributed by atoms with van der Waals surface area (Å²) in [4.78, 5) is 21.0. The molecule has 31 heavy (non-hydrogen) atoms. The van der Waals surface area contributed by atoms with Crippen LogP contribution in [0.1, 0.15) is 43.2 Å². The lowest BCUT2D eigenvalue weighted by molar-refractivity contribution is -0.137. The highest BCUT2D eigenvalue weighted by atomic mass is 16.6. The number of methoxy groups -OCH3 is 2. The number of carbonyl (C=O) groups excluding carboxylic acids is 1. The van der Waals surface area contributed by atoms with E-state index in [9.17, 15) is 4.79 Å². The Morgan fingerprint density at radius 2 is 1.81 bits per heavy atom. The molecule has 0 aromatic heterocycles. The molecular weight excluding hydrogens is 392 g/mol. The third-order valence-corrected chi connectivity index (χ3v) is 6.10. The lowest BCUT2D eigenvalue weighted by atomic mass is 10.0. The fraction of sp³-hybridized carbons (Fsp3) is 0.440. The van der Waals surface area contributed by atoms with Gasteiger partial charge in [0.25, 0.3) is 0 Å². The Morgan fingerprint density at radius 3 is 2.52 bits per heavy atom. The third-order valence-electron chi connectivity index (χ3n) is 6.10. The summed E-state index contributed by atoms with van der Waals surface area (Å²) in [5.41, 5.74) is 2.98. The molecule has 164 valence electrons. The third kappa shape index (κ3) is 5.19. The van der Waals surface area contributed by atoms with E-state index in [2.05, 4.69) is 5.16 Å². The molecule has 2 aromatic rings. The van der Waals surface area contributed by atoms with Crippen molar-refractivity contribution >= 4 is 11.6 Å². The van der Waals surface area contributed by atoms with Gasteiger partial charge in [-0.2, -0.15) is 0 Å². The summed E-state index contributed by atoms with van der Waals surface area (Å²) in [5, 5.41) is 4.31. The van der Waals surface area contributed by atoms with Gasteiger partial charge in [-0.25, -0.2) is 0 Å². The van der Waals surface area contributed by atoms with Gasteiger partial charge in [-0.05, 0) is 60.4 Å². The number of rotatable bonds is 8. The van der Waals surface area contributed by atoms with Crippen LogP contribution in [-0.4, -0.2) is 43.4 Å². The summed E-state index contributed by atoms with van der Waals surface area (Å²) in [6, 6.07) is 15.7. The number of carbonyl (C=O) groups is 1. The van der Waals surface area contributed by atoms with Crippen LogP contribution >= 0.6 is 0 Å². The monoisotopic (exact) mass is 422 g/mol. The number of benzene rings is 2. The van der Waals surface area contributed by atoms with E-state index in [-0.39, 0.29) is 17.9 Å². The molecule has 2 aromatic carbocycles. The van der Waals surface area contributed by atoms with Crippen LogP contribution in [0.3, 0.4) is 0 Å². The Kier molecular flexibility index (Phi) is 6.75. The minimum Gasteiger partial charge on any atom is -0.497 e. The molecule has 1 saturated carbocycles. The van der Waals surface area contributed by atoms with Crippen molar-refractivity contribution in [3.63, 3.8) is 0 Å². The Hall–Kier alpha value is -3.02. The van der Waals surface area contributed by atoms with Crippen LogP contribution in [0.2, 0.25) is 0 Å². The second-order valence-corrected chi connectivity index (χ2v) is 8.25. The number of hydrogen-bond donors (Lipinski definition) is 0. The van der Waals surface area contributed by atoms with Crippen LogP contribution in [0.25, 0.3) is 0 Å². The SMILES string of the molecule is COc1ccc(C2=NOC(CN(Cc3cccc(OC)c3)C(=O)C3CCCC3)C2)cc1. The first kappa shape index (κ1) is 21.2. The smallest absolute Gasteiger partial charge is 0.226 e. The van der Waals surface area contributed by atoms with Gasteiger partial charge in [-0.1, -0.05) is 30.1 Å². The zero-order chi connectivity index (χ0) is 21.6. The topological polar surface area (TPSA) is 60.4 Å². The molecule has 2 aliphatic rings. The summed E-state index contributed by atoms with van der Waals surface area (Å²) in [5.74, 6) is 1.95. The Balaban J connectivity index is 1.44. The maximum absolute atomic E-state index is 13.3. The number of hydrogen-bond acceptors (Lipinski definition) is 5. The molecule has 1 amide bonds. The molecule has 1 atom stereocenters. The first-order chi connectivity index (χ1) is 15.2. The van der Waals surface area contributed by atoms with Crippen LogP contribution in [0, 0.1) is 5.92 Å². The minimum atomic E-state index is -0.145. The van der Waals surface area contributed by atoms with E-state index in [1.54, 1.807) is 14.2 Å². The Labute approximate surface area is 183 Å². The van der Waals surface area contributed by atoms with Crippen molar-refractivity contribution in [2.75, 3.05) is 20.8 Å². The summed E-state index contributed by atoms with van der Waals surface area (Å²) in [7, 11) is 3.31. The van der Waals surface area contributed by atoms with Crippen molar-refractivity contribution in [2.24, 2.45) is 11.1 Å². The van der Waals surface area contributed by atoms with Crippen molar-refractivity contribution < 1.29 is 19.1 Å². The second kappa shape index (κ2) is 9.86. The van der Waals surface area contributed by atoms with Crippen molar-refractivity contribution in [2.45, 2.75) is 44.8 Å². The zero-order valence-corrected chi connectivity index (χ0v) is 18.3. The van der Waals surface area contributed by atoms with Gasteiger partial charge in [0.05, 0.1) is 26.5 Å². The normalized spacial score (nSPS) is 18.4. The van der Waals surface area contributed by atoms with Crippen molar-refractivity contribution in [3.05, 3.63) is 59.7 Å². The molecular formula is C25H30N2O4. The van der Waals surface area contributed by atoms with Gasteiger partial charge < -0.3 is 19.2 Å². The molecule has 1 heterocycles. The number of nitrogens with zero attached hydrogens (tertiary/aromatic N) is 2. The van der Waals surface area contributed by atoms with Gasteiger partial charge in [0, 0.05) is 18.9 Å². The van der Waals surface area contributed by atoms with Gasteiger partial charge in [-0.3, -0.25) is 4.79 Å². The summed E-state index contributed by atoms with van der Waals surface area (Å²) < 4.78 is 10.6. The summed E-state index contributed by atoms with van der Waals surface area (Å²) in [6.45, 7) is 1.07. The van der Waals surface area contributed by atoms with E-state index >= 15 is 0 Å². The number of ether oxygens (including phenoxy) is 2. The van der Waals surface area contributed by atoms with Crippen LogP contribution < -0.4 is 9.47 Å². The van der Waals surface area contributed by atoms with Gasteiger partial charge in [-0.15, -0.1) is 0 Å². The molecule has 0 bridgehead atoms. The molecule has 0 radical (unpaired) electrons. The standard InChI is InChI=1S/C25H30N2O4/c1-29-21-12-10-19(11-13-21)24-15-23(31-26-24)17-27(25(28)20-7-3-4-8-20)16-18-6-5-9-22(14-18)30-2/h5-6,9-14,20,23H,3-4,7-8,15-17H2,1-2H3. The lowest BCUT2D eigenvalue weighted by Gasteiger charge is -2.27. The van der Waals surface area contributed by atoms with Crippen molar-refractivity contribution in [3.8, 4) is 11.5 Å². The molecule has 6 nitrogen and oxygen atoms in total. The quantitative estimate of drug-likeness (QED) is 0.632. The number of amides is 1. The maximum atomic E-state index is 13.3. The van der Waals surface area contributed by atoms with E-state index < -0.39 is 0 Å². The van der Waals surface area contributed by atoms with Gasteiger partial charge >= 0.3 is 0 Å². The first-order valence-electron chi connectivity index (χ1n) is 10.9. The largest absolute Gasteiger partial charge is 0.497 e. The molecule has 0 N–H and O–H groups in total. The Morgan fingerprint density at radius 1 is 1.06 bits per heavy atom. The molecule has 1 fully saturated rings. The first-order valence-corrected chi connectivity index (χ1v) is 10.9. The van der Waals surface area contributed by atoms with Crippen LogP contribution in [-0.2, 0) is 16.2 Å². The average Bonchev–Trinajstić information content (AvgIpc) is 3.51. The predicted octanol–water partition coefficient (Wildman–Crippen LogP) is 4.42. The summed E-state index contributed by atoms with van der Waals surface area (Å²) >= 11 is 0. The highest BCUT2D eigenvalue weighted by Gasteiger charge is 2.31. The molecule has 1 unspecified atom stereocenters. The van der Waals surface area contributed by atoms with Crippen LogP contribution in [0.5, 0.6) is 11.5 Å². The fourth-order valence-electron chi connectivity index (χ4n) is 4.38. The van der Waals surface area contributed by atoms with E-state index in [0.717, 1.165) is 54.0 Å². The van der Waals surface area contributed by atoms with Crippen molar-refractivity contribution in [1.82, 2.24) is 4.90 Å². The van der Waals surface area contributed by atoms with Gasteiger partial charge in [0.2, 0.25) is 5.91 Å². The predicted molar refractivity (Wildman–Crippen MR) is 119 cm³/mol. The van der Waals surface area contributed by atoms with E-state index in [1.165, 1.54) is 0 Å². The average molecular weight is 423 g/mol. The molecule has 1 aliphatic carbocycles. The second-order valence-electron chi connectivity index (χ2n) is 8.25. The van der Waals surface area contributed by atoms with Crippen LogP contribution in [0.15, 0.2) is 53.7 Å². The lowest BCUT2D eigenvalue weighted by Crippen LogP contribution is -2.40.